The highest BCUT2D eigenvalue weighted by molar-refractivity contribution is 7.18. The number of pyridine rings is 1. The largest absolute Gasteiger partial charge is 0.452 e. The molecule has 2 aromatic heterocycles. The van der Waals surface area contributed by atoms with Gasteiger partial charge in [-0.1, -0.05) is 18.2 Å². The van der Waals surface area contributed by atoms with E-state index in [9.17, 15) is 19.7 Å². The first-order valence-electron chi connectivity index (χ1n) is 9.08. The number of hydrogen-bond acceptors (Lipinski definition) is 9. The molecule has 1 aliphatic rings. The molecule has 0 unspecified atom stereocenters. The zero-order valence-electron chi connectivity index (χ0n) is 16.0. The lowest BCUT2D eigenvalue weighted by Gasteiger charge is -2.26. The van der Waals surface area contributed by atoms with Gasteiger partial charge >= 0.3 is 11.0 Å². The Kier molecular flexibility index (Phi) is 5.38. The first kappa shape index (κ1) is 19.9. The Hall–Kier alpha value is -3.44. The van der Waals surface area contributed by atoms with Crippen molar-refractivity contribution in [2.75, 3.05) is 25.5 Å². The summed E-state index contributed by atoms with van der Waals surface area (Å²) in [6.45, 7) is 0.870. The van der Waals surface area contributed by atoms with Crippen LogP contribution in [0.2, 0.25) is 0 Å². The molecule has 30 heavy (non-hydrogen) atoms. The summed E-state index contributed by atoms with van der Waals surface area (Å²) in [6.07, 6.45) is 1.78. The van der Waals surface area contributed by atoms with Crippen LogP contribution in [0.5, 0.6) is 0 Å². The molecule has 0 aliphatic carbocycles. The van der Waals surface area contributed by atoms with E-state index in [4.69, 9.17) is 4.74 Å². The summed E-state index contributed by atoms with van der Waals surface area (Å²) in [5.74, 6) is -1.24. The zero-order chi connectivity index (χ0) is 21.3. The molecule has 1 aliphatic heterocycles. The zero-order valence-corrected chi connectivity index (χ0v) is 16.8. The van der Waals surface area contributed by atoms with E-state index < -0.39 is 23.4 Å². The van der Waals surface area contributed by atoms with E-state index in [-0.39, 0.29) is 10.1 Å². The van der Waals surface area contributed by atoms with Crippen LogP contribution in [0.15, 0.2) is 30.5 Å². The average molecular weight is 427 g/mol. The fourth-order valence-electron chi connectivity index (χ4n) is 3.32. The molecule has 3 heterocycles. The summed E-state index contributed by atoms with van der Waals surface area (Å²) in [6, 6.07) is 7.32. The van der Waals surface area contributed by atoms with E-state index in [2.05, 4.69) is 20.2 Å². The van der Waals surface area contributed by atoms with Crippen molar-refractivity contribution in [1.82, 2.24) is 14.9 Å². The molecule has 0 fully saturated rings. The van der Waals surface area contributed by atoms with Crippen molar-refractivity contribution in [3.8, 4) is 0 Å². The second-order valence-electron chi connectivity index (χ2n) is 6.80. The number of aromatic nitrogens is 2. The number of likely N-dealkylation sites (N-methyl/N-ethyl adjacent to an activating group) is 1. The number of hydrogen-bond donors (Lipinski definition) is 1. The highest BCUT2D eigenvalue weighted by atomic mass is 32.1. The molecule has 0 saturated heterocycles. The quantitative estimate of drug-likeness (QED) is 0.373. The van der Waals surface area contributed by atoms with Gasteiger partial charge in [-0.3, -0.25) is 25.2 Å². The van der Waals surface area contributed by atoms with Crippen LogP contribution in [0, 0.1) is 10.1 Å². The smallest absolute Gasteiger partial charge is 0.345 e. The molecule has 0 atom stereocenters. The van der Waals surface area contributed by atoms with Gasteiger partial charge in [-0.25, -0.2) is 9.78 Å². The molecular formula is C19H17N5O5S. The van der Waals surface area contributed by atoms with Crippen LogP contribution in [-0.2, 0) is 22.5 Å². The minimum absolute atomic E-state index is 0.0658. The first-order valence-corrected chi connectivity index (χ1v) is 9.90. The van der Waals surface area contributed by atoms with Gasteiger partial charge in [0.2, 0.25) is 0 Å². The van der Waals surface area contributed by atoms with E-state index in [1.807, 2.05) is 31.3 Å². The second-order valence-corrected chi connectivity index (χ2v) is 7.81. The number of nitrogens with one attached hydrogen (secondary N) is 1. The number of amides is 1. The summed E-state index contributed by atoms with van der Waals surface area (Å²) in [7, 11) is 1.97. The molecule has 1 N–H and O–H groups in total. The van der Waals surface area contributed by atoms with Crippen LogP contribution in [-0.4, -0.2) is 51.9 Å². The third-order valence-electron chi connectivity index (χ3n) is 4.70. The normalized spacial score (nSPS) is 13.6. The third-order valence-corrected chi connectivity index (χ3v) is 5.56. The molecule has 11 heteroatoms. The van der Waals surface area contributed by atoms with E-state index in [0.29, 0.717) is 23.0 Å². The minimum atomic E-state index is -0.628. The molecule has 0 spiro atoms. The summed E-state index contributed by atoms with van der Waals surface area (Å²) >= 11 is 0.724. The van der Waals surface area contributed by atoms with Gasteiger partial charge in [-0.15, -0.1) is 0 Å². The van der Waals surface area contributed by atoms with Crippen molar-refractivity contribution in [3.05, 3.63) is 57.4 Å². The van der Waals surface area contributed by atoms with Crippen molar-refractivity contribution < 1.29 is 19.2 Å². The molecule has 154 valence electrons. The standard InChI is InChI=1S/C19H17N5O5S/c1-23-7-6-14-12(9-23)17(11-4-2-3-5-13(11)21-14)18(26)29-10-15(25)22-19-20-8-16(30-19)24(27)28/h2-5,8H,6-7,9-10H2,1H3,(H,20,22,25). The average Bonchev–Trinajstić information content (AvgIpc) is 3.19. The Balaban J connectivity index is 1.53. The molecule has 1 aromatic carbocycles. The van der Waals surface area contributed by atoms with E-state index in [1.165, 1.54) is 0 Å². The predicted octanol–water partition coefficient (Wildman–Crippen LogP) is 2.38. The van der Waals surface area contributed by atoms with Crippen LogP contribution in [0.25, 0.3) is 10.9 Å². The van der Waals surface area contributed by atoms with Crippen molar-refractivity contribution >= 4 is 44.2 Å². The number of benzene rings is 1. The number of thiazole rings is 1. The van der Waals surface area contributed by atoms with E-state index in [0.717, 1.165) is 41.8 Å². The number of esters is 1. The number of ether oxygens (including phenoxy) is 1. The van der Waals surface area contributed by atoms with Crippen molar-refractivity contribution in [1.29, 1.82) is 0 Å². The lowest BCUT2D eigenvalue weighted by atomic mass is 9.96. The Bertz CT molecular complexity index is 1160. The van der Waals surface area contributed by atoms with Gasteiger partial charge in [-0.2, -0.15) is 0 Å². The number of nitrogens with zero attached hydrogens (tertiary/aromatic N) is 4. The lowest BCUT2D eigenvalue weighted by Crippen LogP contribution is -2.30. The molecule has 0 radical (unpaired) electrons. The Labute approximate surface area is 174 Å². The summed E-state index contributed by atoms with van der Waals surface area (Å²) < 4.78 is 5.27. The summed E-state index contributed by atoms with van der Waals surface area (Å²) in [5.41, 5.74) is 2.79. The van der Waals surface area contributed by atoms with Gasteiger partial charge < -0.3 is 9.64 Å². The van der Waals surface area contributed by atoms with Gasteiger partial charge in [0.05, 0.1) is 16.0 Å². The number of para-hydroxylation sites is 1. The molecule has 1 amide bonds. The Morgan fingerprint density at radius 2 is 2.17 bits per heavy atom. The number of anilines is 1. The van der Waals surface area contributed by atoms with E-state index >= 15 is 0 Å². The molecule has 3 aromatic rings. The van der Waals surface area contributed by atoms with Crippen LogP contribution >= 0.6 is 11.3 Å². The van der Waals surface area contributed by atoms with Gasteiger partial charge in [-0.05, 0) is 24.5 Å². The monoisotopic (exact) mass is 427 g/mol. The van der Waals surface area contributed by atoms with Crippen molar-refractivity contribution in [2.45, 2.75) is 13.0 Å². The number of nitro groups is 1. The summed E-state index contributed by atoms with van der Waals surface area (Å²) in [4.78, 5) is 45.7. The minimum Gasteiger partial charge on any atom is -0.452 e. The van der Waals surface area contributed by atoms with Crippen LogP contribution in [0.1, 0.15) is 21.6 Å². The SMILES string of the molecule is CN1CCc2nc3ccccc3c(C(=O)OCC(=O)Nc3ncc([N+](=O)[O-])s3)c2C1. The molecule has 0 saturated carbocycles. The number of fused-ring (bicyclic) bond motifs is 2. The van der Waals surface area contributed by atoms with Gasteiger partial charge in [0.1, 0.15) is 6.20 Å². The predicted molar refractivity (Wildman–Crippen MR) is 109 cm³/mol. The topological polar surface area (TPSA) is 128 Å². The van der Waals surface area contributed by atoms with Gasteiger partial charge in [0, 0.05) is 36.2 Å². The Morgan fingerprint density at radius 3 is 2.93 bits per heavy atom. The molecule has 10 nitrogen and oxygen atoms in total. The number of rotatable bonds is 5. The molecule has 0 bridgehead atoms. The maximum absolute atomic E-state index is 12.9. The Morgan fingerprint density at radius 1 is 1.37 bits per heavy atom. The van der Waals surface area contributed by atoms with Crippen molar-refractivity contribution in [2.24, 2.45) is 0 Å². The highest BCUT2D eigenvalue weighted by Gasteiger charge is 2.26. The maximum Gasteiger partial charge on any atom is 0.345 e. The van der Waals surface area contributed by atoms with Crippen LogP contribution in [0.3, 0.4) is 0 Å². The molecule has 4 rings (SSSR count). The van der Waals surface area contributed by atoms with Gasteiger partial charge in [0.15, 0.2) is 11.7 Å². The maximum atomic E-state index is 12.9. The fourth-order valence-corrected chi connectivity index (χ4v) is 3.97. The first-order chi connectivity index (χ1) is 14.4. The second kappa shape index (κ2) is 8.13. The summed E-state index contributed by atoms with van der Waals surface area (Å²) in [5, 5.41) is 13.6. The van der Waals surface area contributed by atoms with Gasteiger partial charge in [0.25, 0.3) is 5.91 Å². The lowest BCUT2D eigenvalue weighted by molar-refractivity contribution is -0.380. The van der Waals surface area contributed by atoms with Crippen molar-refractivity contribution in [3.63, 3.8) is 0 Å². The highest BCUT2D eigenvalue weighted by Crippen LogP contribution is 2.28. The van der Waals surface area contributed by atoms with Crippen LogP contribution in [0.4, 0.5) is 10.1 Å². The third kappa shape index (κ3) is 3.98. The fraction of sp³-hybridized carbons (Fsp3) is 0.263. The van der Waals surface area contributed by atoms with E-state index in [1.54, 1.807) is 0 Å². The van der Waals surface area contributed by atoms with Crippen LogP contribution < -0.4 is 5.32 Å². The number of carbonyl (C=O) groups is 2. The molecular weight excluding hydrogens is 410 g/mol. The number of carbonyl (C=O) groups excluding carboxylic acids is 2.